The third-order valence-electron chi connectivity index (χ3n) is 2.73. The summed E-state index contributed by atoms with van der Waals surface area (Å²) >= 11 is 0. The molecule has 1 fully saturated rings. The fraction of sp³-hybridized carbons (Fsp3) is 0.400. The Kier molecular flexibility index (Phi) is 3.40. The molecule has 0 unspecified atom stereocenters. The lowest BCUT2D eigenvalue weighted by atomic mass is 10.2. The number of rotatable bonds is 3. The second kappa shape index (κ2) is 4.69. The molecule has 0 atom stereocenters. The lowest BCUT2D eigenvalue weighted by Crippen LogP contribution is -2.33. The van der Waals surface area contributed by atoms with Crippen LogP contribution in [0.4, 0.5) is 20.2 Å². The van der Waals surface area contributed by atoms with Crippen molar-refractivity contribution in [1.29, 1.82) is 0 Å². The first-order chi connectivity index (χ1) is 8.40. The third kappa shape index (κ3) is 2.54. The van der Waals surface area contributed by atoms with E-state index in [4.69, 9.17) is 5.73 Å². The van der Waals surface area contributed by atoms with Crippen LogP contribution in [0.5, 0.6) is 0 Å². The number of nitrogens with zero attached hydrogens (tertiary/aromatic N) is 1. The molecule has 1 aromatic rings. The molecule has 100 valence electrons. The summed E-state index contributed by atoms with van der Waals surface area (Å²) in [6.07, 6.45) is 1.55. The van der Waals surface area contributed by atoms with E-state index in [1.807, 2.05) is 0 Å². The Hall–Kier alpha value is -1.41. The average molecular weight is 277 g/mol. The minimum atomic E-state index is -3.80. The topological polar surface area (TPSA) is 75.4 Å². The van der Waals surface area contributed by atoms with Gasteiger partial charge in [0, 0.05) is 19.2 Å². The van der Waals surface area contributed by atoms with Gasteiger partial charge in [-0.05, 0) is 18.9 Å². The van der Waals surface area contributed by atoms with Crippen LogP contribution in [0.25, 0.3) is 0 Å². The van der Waals surface area contributed by atoms with E-state index in [9.17, 15) is 17.2 Å². The average Bonchev–Trinajstić information content (AvgIpc) is 2.79. The maximum atomic E-state index is 13.4. The zero-order valence-electron chi connectivity index (χ0n) is 9.49. The molecule has 5 nitrogen and oxygen atoms in total. The SMILES string of the molecule is Nc1cc(NS(=O)(=O)N2CCCC2)c(F)cc1F. The molecule has 1 heterocycles. The number of nitrogen functional groups attached to an aromatic ring is 1. The van der Waals surface area contributed by atoms with Gasteiger partial charge in [0.15, 0.2) is 0 Å². The quantitative estimate of drug-likeness (QED) is 0.818. The van der Waals surface area contributed by atoms with E-state index in [-0.39, 0.29) is 11.4 Å². The standard InChI is InChI=1S/C10H13F2N3O2S/c11-7-5-8(12)10(6-9(7)13)14-18(16,17)15-3-1-2-4-15/h5-6,14H,1-4,13H2. The summed E-state index contributed by atoms with van der Waals surface area (Å²) in [6, 6.07) is 1.48. The number of nitrogens with two attached hydrogens (primary N) is 1. The number of hydrogen-bond donors (Lipinski definition) is 2. The van der Waals surface area contributed by atoms with E-state index in [1.54, 1.807) is 0 Å². The van der Waals surface area contributed by atoms with Crippen LogP contribution >= 0.6 is 0 Å². The van der Waals surface area contributed by atoms with Gasteiger partial charge in [-0.1, -0.05) is 0 Å². The summed E-state index contributed by atoms with van der Waals surface area (Å²) in [6.45, 7) is 0.793. The number of benzene rings is 1. The molecule has 1 saturated heterocycles. The van der Waals surface area contributed by atoms with Crippen molar-refractivity contribution in [2.45, 2.75) is 12.8 Å². The van der Waals surface area contributed by atoms with Crippen LogP contribution < -0.4 is 10.5 Å². The molecule has 1 aliphatic rings. The molecule has 1 aliphatic heterocycles. The lowest BCUT2D eigenvalue weighted by molar-refractivity contribution is 0.482. The Morgan fingerprint density at radius 2 is 1.78 bits per heavy atom. The van der Waals surface area contributed by atoms with Gasteiger partial charge in [0.1, 0.15) is 11.6 Å². The maximum Gasteiger partial charge on any atom is 0.301 e. The van der Waals surface area contributed by atoms with E-state index in [1.165, 1.54) is 4.31 Å². The van der Waals surface area contributed by atoms with Gasteiger partial charge in [-0.15, -0.1) is 0 Å². The molecule has 0 saturated carbocycles. The molecule has 0 bridgehead atoms. The monoisotopic (exact) mass is 277 g/mol. The Labute approximate surface area is 104 Å². The summed E-state index contributed by atoms with van der Waals surface area (Å²) in [5.74, 6) is -1.92. The Morgan fingerprint density at radius 1 is 1.17 bits per heavy atom. The summed E-state index contributed by atoms with van der Waals surface area (Å²) in [7, 11) is -3.80. The highest BCUT2D eigenvalue weighted by Gasteiger charge is 2.26. The van der Waals surface area contributed by atoms with Crippen molar-refractivity contribution in [1.82, 2.24) is 4.31 Å². The molecular formula is C10H13F2N3O2S. The van der Waals surface area contributed by atoms with Gasteiger partial charge in [0.2, 0.25) is 0 Å². The molecule has 1 aromatic carbocycles. The zero-order chi connectivity index (χ0) is 13.3. The van der Waals surface area contributed by atoms with Crippen molar-refractivity contribution >= 4 is 21.6 Å². The van der Waals surface area contributed by atoms with E-state index < -0.39 is 21.8 Å². The summed E-state index contributed by atoms with van der Waals surface area (Å²) in [5, 5.41) is 0. The summed E-state index contributed by atoms with van der Waals surface area (Å²) in [4.78, 5) is 0. The van der Waals surface area contributed by atoms with Crippen LogP contribution in [0, 0.1) is 11.6 Å². The molecule has 0 amide bonds. The Morgan fingerprint density at radius 3 is 2.39 bits per heavy atom. The first kappa shape index (κ1) is 13.0. The highest BCUT2D eigenvalue weighted by Crippen LogP contribution is 2.23. The molecule has 0 aromatic heterocycles. The zero-order valence-corrected chi connectivity index (χ0v) is 10.3. The van der Waals surface area contributed by atoms with Gasteiger partial charge >= 0.3 is 10.2 Å². The largest absolute Gasteiger partial charge is 0.396 e. The molecule has 0 aliphatic carbocycles. The molecule has 18 heavy (non-hydrogen) atoms. The highest BCUT2D eigenvalue weighted by molar-refractivity contribution is 7.90. The van der Waals surface area contributed by atoms with E-state index in [2.05, 4.69) is 4.72 Å². The molecule has 0 radical (unpaired) electrons. The molecule has 0 spiro atoms. The van der Waals surface area contributed by atoms with Crippen LogP contribution in [0.2, 0.25) is 0 Å². The fourth-order valence-corrected chi connectivity index (χ4v) is 3.08. The van der Waals surface area contributed by atoms with E-state index >= 15 is 0 Å². The third-order valence-corrected chi connectivity index (χ3v) is 4.25. The Balaban J connectivity index is 2.26. The van der Waals surface area contributed by atoms with Gasteiger partial charge < -0.3 is 5.73 Å². The predicted octanol–water partition coefficient (Wildman–Crippen LogP) is 1.30. The maximum absolute atomic E-state index is 13.4. The van der Waals surface area contributed by atoms with Crippen molar-refractivity contribution in [3.8, 4) is 0 Å². The lowest BCUT2D eigenvalue weighted by Gasteiger charge is -2.17. The molecule has 2 rings (SSSR count). The van der Waals surface area contributed by atoms with Crippen LogP contribution in [0.3, 0.4) is 0 Å². The van der Waals surface area contributed by atoms with Crippen molar-refractivity contribution < 1.29 is 17.2 Å². The van der Waals surface area contributed by atoms with Gasteiger partial charge in [0.05, 0.1) is 11.4 Å². The van der Waals surface area contributed by atoms with Gasteiger partial charge in [0.25, 0.3) is 0 Å². The first-order valence-corrected chi connectivity index (χ1v) is 6.86. The van der Waals surface area contributed by atoms with Crippen molar-refractivity contribution in [3.63, 3.8) is 0 Å². The second-order valence-electron chi connectivity index (χ2n) is 4.07. The number of halogens is 2. The fourth-order valence-electron chi connectivity index (χ4n) is 1.78. The second-order valence-corrected chi connectivity index (χ2v) is 5.74. The van der Waals surface area contributed by atoms with Crippen LogP contribution in [0.1, 0.15) is 12.8 Å². The summed E-state index contributed by atoms with van der Waals surface area (Å²) < 4.78 is 53.4. The smallest absolute Gasteiger partial charge is 0.301 e. The normalized spacial score (nSPS) is 17.0. The highest BCUT2D eigenvalue weighted by atomic mass is 32.2. The molecular weight excluding hydrogens is 264 g/mol. The molecule has 8 heteroatoms. The van der Waals surface area contributed by atoms with Crippen molar-refractivity contribution in [3.05, 3.63) is 23.8 Å². The van der Waals surface area contributed by atoms with E-state index in [0.717, 1.165) is 18.9 Å². The van der Waals surface area contributed by atoms with Gasteiger partial charge in [-0.2, -0.15) is 12.7 Å². The first-order valence-electron chi connectivity index (χ1n) is 5.42. The number of anilines is 2. The van der Waals surface area contributed by atoms with Crippen molar-refractivity contribution in [2.24, 2.45) is 0 Å². The number of hydrogen-bond acceptors (Lipinski definition) is 3. The number of nitrogens with one attached hydrogen (secondary N) is 1. The van der Waals surface area contributed by atoms with Crippen LogP contribution in [-0.2, 0) is 10.2 Å². The summed E-state index contributed by atoms with van der Waals surface area (Å²) in [5.41, 5.74) is 4.62. The molecule has 3 N–H and O–H groups in total. The van der Waals surface area contributed by atoms with E-state index in [0.29, 0.717) is 19.2 Å². The van der Waals surface area contributed by atoms with Gasteiger partial charge in [-0.3, -0.25) is 4.72 Å². The van der Waals surface area contributed by atoms with Gasteiger partial charge in [-0.25, -0.2) is 8.78 Å². The van der Waals surface area contributed by atoms with Crippen molar-refractivity contribution in [2.75, 3.05) is 23.5 Å². The minimum Gasteiger partial charge on any atom is -0.396 e. The Bertz CT molecular complexity index is 556. The predicted molar refractivity (Wildman–Crippen MR) is 64.1 cm³/mol. The van der Waals surface area contributed by atoms with Crippen LogP contribution in [-0.4, -0.2) is 25.8 Å². The van der Waals surface area contributed by atoms with Crippen LogP contribution in [0.15, 0.2) is 12.1 Å². The minimum absolute atomic E-state index is 0.310.